The molecule has 0 saturated heterocycles. The zero-order valence-corrected chi connectivity index (χ0v) is 16.4. The monoisotopic (exact) mass is 380 g/mol. The highest BCUT2D eigenvalue weighted by atomic mass is 16.3. The fourth-order valence-corrected chi connectivity index (χ4v) is 5.00. The van der Waals surface area contributed by atoms with Crippen molar-refractivity contribution in [1.82, 2.24) is 10.2 Å². The number of carbonyl (C=O) groups is 2. The molecular weight excluding hydrogens is 352 g/mol. The Labute approximate surface area is 166 Å². The van der Waals surface area contributed by atoms with Crippen LogP contribution in [0, 0.1) is 0 Å². The Morgan fingerprint density at radius 3 is 2.71 bits per heavy atom. The van der Waals surface area contributed by atoms with Gasteiger partial charge in [-0.15, -0.1) is 0 Å². The SMILES string of the molecule is CCCCN1C(=O)c2ccccc2[C@@H](C(=O)NCc2ccco2)C12CCCC2. The van der Waals surface area contributed by atoms with Crippen LogP contribution < -0.4 is 5.32 Å². The predicted molar refractivity (Wildman–Crippen MR) is 107 cm³/mol. The van der Waals surface area contributed by atoms with E-state index in [0.717, 1.165) is 49.8 Å². The number of amides is 2. The Bertz CT molecular complexity index is 837. The molecule has 4 rings (SSSR count). The van der Waals surface area contributed by atoms with Crippen LogP contribution in [0.3, 0.4) is 0 Å². The van der Waals surface area contributed by atoms with Gasteiger partial charge in [0, 0.05) is 12.1 Å². The number of fused-ring (bicyclic) bond motifs is 1. The molecule has 2 aliphatic rings. The second kappa shape index (κ2) is 7.82. The average Bonchev–Trinajstić information content (AvgIpc) is 3.39. The highest BCUT2D eigenvalue weighted by Gasteiger charge is 2.55. The number of unbranched alkanes of at least 4 members (excludes halogenated alkanes) is 1. The lowest BCUT2D eigenvalue weighted by atomic mass is 9.71. The number of benzene rings is 1. The third kappa shape index (κ3) is 3.13. The van der Waals surface area contributed by atoms with Crippen molar-refractivity contribution in [2.24, 2.45) is 0 Å². The summed E-state index contributed by atoms with van der Waals surface area (Å²) >= 11 is 0. The molecule has 5 heteroatoms. The van der Waals surface area contributed by atoms with Gasteiger partial charge in [-0.25, -0.2) is 0 Å². The lowest BCUT2D eigenvalue weighted by Crippen LogP contribution is -2.60. The summed E-state index contributed by atoms with van der Waals surface area (Å²) in [6, 6.07) is 11.3. The molecule has 2 amide bonds. The van der Waals surface area contributed by atoms with Crippen molar-refractivity contribution < 1.29 is 14.0 Å². The standard InChI is InChI=1S/C23H28N2O3/c1-2-3-14-25-22(27)19-11-5-4-10-18(19)20(23(25)12-6-7-13-23)21(26)24-16-17-9-8-15-28-17/h4-5,8-11,15,20H,2-3,6-7,12-14,16H2,1H3,(H,24,26)/t20-/m0/s1. The number of hydrogen-bond donors (Lipinski definition) is 1. The molecule has 1 aromatic heterocycles. The summed E-state index contributed by atoms with van der Waals surface area (Å²) in [5.41, 5.74) is 1.14. The lowest BCUT2D eigenvalue weighted by molar-refractivity contribution is -0.126. The number of furan rings is 1. The van der Waals surface area contributed by atoms with Gasteiger partial charge in [-0.1, -0.05) is 44.4 Å². The van der Waals surface area contributed by atoms with Crippen LogP contribution in [0.4, 0.5) is 0 Å². The molecule has 5 nitrogen and oxygen atoms in total. The van der Waals surface area contributed by atoms with E-state index in [9.17, 15) is 9.59 Å². The molecule has 1 fully saturated rings. The van der Waals surface area contributed by atoms with Gasteiger partial charge in [-0.2, -0.15) is 0 Å². The average molecular weight is 380 g/mol. The molecule has 1 aliphatic heterocycles. The molecule has 1 atom stereocenters. The Morgan fingerprint density at radius 1 is 1.21 bits per heavy atom. The van der Waals surface area contributed by atoms with Gasteiger partial charge in [-0.05, 0) is 43.0 Å². The zero-order valence-electron chi connectivity index (χ0n) is 16.4. The summed E-state index contributed by atoms with van der Waals surface area (Å²) in [5, 5.41) is 3.07. The summed E-state index contributed by atoms with van der Waals surface area (Å²) < 4.78 is 5.37. The maximum Gasteiger partial charge on any atom is 0.254 e. The van der Waals surface area contributed by atoms with Crippen molar-refractivity contribution in [1.29, 1.82) is 0 Å². The van der Waals surface area contributed by atoms with Crippen LogP contribution in [0.25, 0.3) is 0 Å². The van der Waals surface area contributed by atoms with Crippen LogP contribution in [0.5, 0.6) is 0 Å². The third-order valence-corrected chi connectivity index (χ3v) is 6.31. The third-order valence-electron chi connectivity index (χ3n) is 6.31. The fraction of sp³-hybridized carbons (Fsp3) is 0.478. The molecule has 148 valence electrons. The smallest absolute Gasteiger partial charge is 0.254 e. The van der Waals surface area contributed by atoms with Crippen molar-refractivity contribution in [2.75, 3.05) is 6.54 Å². The Morgan fingerprint density at radius 2 is 2.00 bits per heavy atom. The Kier molecular flexibility index (Phi) is 5.25. The lowest BCUT2D eigenvalue weighted by Gasteiger charge is -2.50. The first-order valence-corrected chi connectivity index (χ1v) is 10.4. The van der Waals surface area contributed by atoms with E-state index < -0.39 is 5.54 Å². The molecule has 1 saturated carbocycles. The van der Waals surface area contributed by atoms with Crippen LogP contribution in [0.15, 0.2) is 47.1 Å². The van der Waals surface area contributed by atoms with Crippen molar-refractivity contribution in [3.05, 3.63) is 59.5 Å². The Hall–Kier alpha value is -2.56. The highest BCUT2D eigenvalue weighted by molar-refractivity contribution is 6.02. The first kappa shape index (κ1) is 18.8. The van der Waals surface area contributed by atoms with Crippen molar-refractivity contribution >= 4 is 11.8 Å². The summed E-state index contributed by atoms with van der Waals surface area (Å²) in [7, 11) is 0. The van der Waals surface area contributed by atoms with Crippen molar-refractivity contribution in [3.63, 3.8) is 0 Å². The van der Waals surface area contributed by atoms with Gasteiger partial charge in [0.25, 0.3) is 5.91 Å². The van der Waals surface area contributed by atoms with Gasteiger partial charge >= 0.3 is 0 Å². The maximum atomic E-state index is 13.5. The van der Waals surface area contributed by atoms with Crippen LogP contribution >= 0.6 is 0 Å². The molecule has 1 N–H and O–H groups in total. The molecule has 0 unspecified atom stereocenters. The molecular formula is C23H28N2O3. The van der Waals surface area contributed by atoms with Crippen molar-refractivity contribution in [3.8, 4) is 0 Å². The van der Waals surface area contributed by atoms with E-state index in [4.69, 9.17) is 4.42 Å². The van der Waals surface area contributed by atoms with E-state index in [1.165, 1.54) is 0 Å². The quantitative estimate of drug-likeness (QED) is 0.815. The molecule has 0 radical (unpaired) electrons. The van der Waals surface area contributed by atoms with Crippen molar-refractivity contribution in [2.45, 2.75) is 63.5 Å². The van der Waals surface area contributed by atoms with E-state index in [1.54, 1.807) is 6.26 Å². The number of nitrogens with one attached hydrogen (secondary N) is 1. The van der Waals surface area contributed by atoms with E-state index >= 15 is 0 Å². The van der Waals surface area contributed by atoms with E-state index in [1.807, 2.05) is 41.3 Å². The fourth-order valence-electron chi connectivity index (χ4n) is 5.00. The first-order chi connectivity index (χ1) is 13.7. The predicted octanol–water partition coefficient (Wildman–Crippen LogP) is 4.25. The van der Waals surface area contributed by atoms with Crippen LogP contribution in [-0.4, -0.2) is 28.8 Å². The van der Waals surface area contributed by atoms with Gasteiger partial charge in [-0.3, -0.25) is 9.59 Å². The summed E-state index contributed by atoms with van der Waals surface area (Å²) in [6.45, 7) is 3.21. The first-order valence-electron chi connectivity index (χ1n) is 10.4. The topological polar surface area (TPSA) is 62.6 Å². The van der Waals surface area contributed by atoms with Gasteiger partial charge in [0.15, 0.2) is 0 Å². The van der Waals surface area contributed by atoms with Gasteiger partial charge in [0.1, 0.15) is 5.76 Å². The largest absolute Gasteiger partial charge is 0.467 e. The number of rotatable bonds is 6. The van der Waals surface area contributed by atoms with E-state index in [2.05, 4.69) is 12.2 Å². The molecule has 1 spiro atoms. The van der Waals surface area contributed by atoms with Gasteiger partial charge in [0.2, 0.25) is 5.91 Å². The minimum absolute atomic E-state index is 0.0141. The van der Waals surface area contributed by atoms with E-state index in [-0.39, 0.29) is 17.7 Å². The van der Waals surface area contributed by atoms with E-state index in [0.29, 0.717) is 18.7 Å². The zero-order chi connectivity index (χ0) is 19.6. The molecule has 1 aromatic carbocycles. The summed E-state index contributed by atoms with van der Waals surface area (Å²) in [6.07, 6.45) is 7.47. The molecule has 1 aliphatic carbocycles. The van der Waals surface area contributed by atoms with Crippen LogP contribution in [0.2, 0.25) is 0 Å². The molecule has 2 aromatic rings. The number of hydrogen-bond acceptors (Lipinski definition) is 3. The minimum Gasteiger partial charge on any atom is -0.467 e. The van der Waals surface area contributed by atoms with Gasteiger partial charge in [0.05, 0.1) is 24.3 Å². The molecule has 2 heterocycles. The highest BCUT2D eigenvalue weighted by Crippen LogP contribution is 2.50. The Balaban J connectivity index is 1.72. The number of nitrogens with zero attached hydrogens (tertiary/aromatic N) is 1. The summed E-state index contributed by atoms with van der Waals surface area (Å²) in [5.74, 6) is 0.466. The second-order valence-corrected chi connectivity index (χ2v) is 7.94. The maximum absolute atomic E-state index is 13.5. The normalized spacial score (nSPS) is 20.4. The number of carbonyl (C=O) groups excluding carboxylic acids is 2. The van der Waals surface area contributed by atoms with Crippen LogP contribution in [0.1, 0.15) is 73.0 Å². The van der Waals surface area contributed by atoms with Gasteiger partial charge < -0.3 is 14.6 Å². The summed E-state index contributed by atoms with van der Waals surface area (Å²) in [4.78, 5) is 28.9. The van der Waals surface area contributed by atoms with Crippen LogP contribution in [-0.2, 0) is 11.3 Å². The second-order valence-electron chi connectivity index (χ2n) is 7.94. The molecule has 0 bridgehead atoms. The minimum atomic E-state index is -0.409. The molecule has 28 heavy (non-hydrogen) atoms.